The number of hydrogen-bond donors (Lipinski definition) is 1. The van der Waals surface area contributed by atoms with Crippen molar-refractivity contribution in [2.45, 2.75) is 19.8 Å². The number of hydrogen-bond acceptors (Lipinski definition) is 2. The number of benzene rings is 1. The van der Waals surface area contributed by atoms with Gasteiger partial charge in [-0.05, 0) is 34.5 Å². The topological polar surface area (TPSA) is 40.5 Å². The lowest BCUT2D eigenvalue weighted by Crippen LogP contribution is -2.35. The van der Waals surface area contributed by atoms with Crippen molar-refractivity contribution in [1.82, 2.24) is 4.90 Å². The minimum absolute atomic E-state index is 0.0360. The van der Waals surface area contributed by atoms with Crippen LogP contribution in [0.15, 0.2) is 22.7 Å². The zero-order valence-electron chi connectivity index (χ0n) is 10.3. The van der Waals surface area contributed by atoms with Crippen LogP contribution < -0.4 is 0 Å². The molecule has 0 fully saturated rings. The summed E-state index contributed by atoms with van der Waals surface area (Å²) >= 11 is 3.06. The Morgan fingerprint density at radius 3 is 2.78 bits per heavy atom. The molecule has 0 aromatic heterocycles. The molecule has 1 amide bonds. The molecule has 0 bridgehead atoms. The second-order valence-corrected chi connectivity index (χ2v) is 4.83. The Morgan fingerprint density at radius 1 is 1.44 bits per heavy atom. The molecule has 0 aliphatic rings. The maximum atomic E-state index is 13.8. The first-order chi connectivity index (χ1) is 8.61. The number of halogens is 2. The highest BCUT2D eigenvalue weighted by atomic mass is 79.9. The van der Waals surface area contributed by atoms with E-state index in [1.54, 1.807) is 12.1 Å². The summed E-state index contributed by atoms with van der Waals surface area (Å²) < 4.78 is 14.1. The van der Waals surface area contributed by atoms with Gasteiger partial charge in [0.1, 0.15) is 5.82 Å². The quantitative estimate of drug-likeness (QED) is 0.876. The third kappa shape index (κ3) is 3.78. The van der Waals surface area contributed by atoms with Crippen LogP contribution in [0.4, 0.5) is 4.39 Å². The molecule has 18 heavy (non-hydrogen) atoms. The lowest BCUT2D eigenvalue weighted by molar-refractivity contribution is 0.0714. The minimum Gasteiger partial charge on any atom is -0.395 e. The van der Waals surface area contributed by atoms with E-state index in [9.17, 15) is 9.18 Å². The van der Waals surface area contributed by atoms with Gasteiger partial charge in [-0.25, -0.2) is 4.39 Å². The smallest absolute Gasteiger partial charge is 0.256 e. The molecule has 0 radical (unpaired) electrons. The van der Waals surface area contributed by atoms with Gasteiger partial charge in [0, 0.05) is 13.1 Å². The highest BCUT2D eigenvalue weighted by Crippen LogP contribution is 2.20. The second-order valence-electron chi connectivity index (χ2n) is 3.97. The number of unbranched alkanes of at least 4 members (excludes halogenated alkanes) is 1. The van der Waals surface area contributed by atoms with Crippen molar-refractivity contribution in [2.24, 2.45) is 0 Å². The van der Waals surface area contributed by atoms with E-state index in [-0.39, 0.29) is 29.1 Å². The van der Waals surface area contributed by atoms with E-state index in [0.29, 0.717) is 6.54 Å². The second kappa shape index (κ2) is 7.48. The number of carbonyl (C=O) groups is 1. The summed E-state index contributed by atoms with van der Waals surface area (Å²) in [6, 6.07) is 4.63. The third-order valence-corrected chi connectivity index (χ3v) is 3.23. The molecular formula is C13H17BrFNO2. The first kappa shape index (κ1) is 15.1. The van der Waals surface area contributed by atoms with Gasteiger partial charge in [-0.2, -0.15) is 0 Å². The number of aliphatic hydroxyl groups is 1. The van der Waals surface area contributed by atoms with Crippen LogP contribution in [0.25, 0.3) is 0 Å². The summed E-state index contributed by atoms with van der Waals surface area (Å²) in [4.78, 5) is 13.6. The summed E-state index contributed by atoms with van der Waals surface area (Å²) in [5, 5.41) is 8.96. The number of nitrogens with zero attached hydrogens (tertiary/aromatic N) is 1. The summed E-state index contributed by atoms with van der Waals surface area (Å²) in [6.07, 6.45) is 1.78. The molecule has 1 aromatic rings. The number of rotatable bonds is 6. The van der Waals surface area contributed by atoms with Gasteiger partial charge in [0.25, 0.3) is 5.91 Å². The standard InChI is InChI=1S/C13H17BrFNO2/c1-2-3-7-16(8-9-17)13(18)10-5-4-6-11(14)12(10)15/h4-6,17H,2-3,7-9H2,1H3. The Morgan fingerprint density at radius 2 is 2.17 bits per heavy atom. The maximum Gasteiger partial charge on any atom is 0.256 e. The molecule has 0 spiro atoms. The summed E-state index contributed by atoms with van der Waals surface area (Å²) in [6.45, 7) is 2.65. The van der Waals surface area contributed by atoms with Crippen molar-refractivity contribution in [3.8, 4) is 0 Å². The normalized spacial score (nSPS) is 10.4. The van der Waals surface area contributed by atoms with Gasteiger partial charge in [-0.1, -0.05) is 19.4 Å². The number of amides is 1. The molecule has 0 saturated heterocycles. The average Bonchev–Trinajstić information content (AvgIpc) is 2.37. The van der Waals surface area contributed by atoms with Crippen LogP contribution >= 0.6 is 15.9 Å². The predicted octanol–water partition coefficient (Wildman–Crippen LogP) is 2.82. The van der Waals surface area contributed by atoms with E-state index < -0.39 is 5.82 Å². The van der Waals surface area contributed by atoms with Crippen molar-refractivity contribution >= 4 is 21.8 Å². The van der Waals surface area contributed by atoms with Crippen molar-refractivity contribution in [3.05, 3.63) is 34.1 Å². The van der Waals surface area contributed by atoms with E-state index in [0.717, 1.165) is 12.8 Å². The Labute approximate surface area is 115 Å². The minimum atomic E-state index is -0.554. The zero-order chi connectivity index (χ0) is 13.5. The van der Waals surface area contributed by atoms with E-state index in [1.807, 2.05) is 6.92 Å². The SMILES string of the molecule is CCCCN(CCO)C(=O)c1cccc(Br)c1F. The summed E-state index contributed by atoms with van der Waals surface area (Å²) in [7, 11) is 0. The van der Waals surface area contributed by atoms with Gasteiger partial charge in [-0.15, -0.1) is 0 Å². The van der Waals surface area contributed by atoms with Gasteiger partial charge in [0.15, 0.2) is 0 Å². The molecule has 0 aliphatic carbocycles. The Bertz CT molecular complexity index is 412. The van der Waals surface area contributed by atoms with E-state index in [4.69, 9.17) is 5.11 Å². The van der Waals surface area contributed by atoms with Crippen LogP contribution in [0.5, 0.6) is 0 Å². The molecule has 0 aliphatic heterocycles. The first-order valence-electron chi connectivity index (χ1n) is 5.96. The molecule has 1 rings (SSSR count). The average molecular weight is 318 g/mol. The molecule has 0 atom stereocenters. The lowest BCUT2D eigenvalue weighted by Gasteiger charge is -2.22. The third-order valence-electron chi connectivity index (χ3n) is 2.62. The van der Waals surface area contributed by atoms with Crippen LogP contribution in [0.1, 0.15) is 30.1 Å². The lowest BCUT2D eigenvalue weighted by atomic mass is 10.1. The molecule has 100 valence electrons. The molecule has 1 N–H and O–H groups in total. The van der Waals surface area contributed by atoms with Gasteiger partial charge < -0.3 is 10.0 Å². The van der Waals surface area contributed by atoms with Crippen molar-refractivity contribution in [2.75, 3.05) is 19.7 Å². The van der Waals surface area contributed by atoms with Gasteiger partial charge in [0.2, 0.25) is 0 Å². The molecule has 1 aromatic carbocycles. The number of aliphatic hydroxyl groups excluding tert-OH is 1. The van der Waals surface area contributed by atoms with E-state index >= 15 is 0 Å². The van der Waals surface area contributed by atoms with Gasteiger partial charge in [0.05, 0.1) is 16.6 Å². The zero-order valence-corrected chi connectivity index (χ0v) is 11.9. The summed E-state index contributed by atoms with van der Waals surface area (Å²) in [5.41, 5.74) is 0.0360. The fraction of sp³-hybridized carbons (Fsp3) is 0.462. The molecule has 0 unspecified atom stereocenters. The molecular weight excluding hydrogens is 301 g/mol. The van der Waals surface area contributed by atoms with Crippen LogP contribution in [-0.4, -0.2) is 35.6 Å². The fourth-order valence-corrected chi connectivity index (χ4v) is 1.99. The van der Waals surface area contributed by atoms with Crippen LogP contribution in [0.3, 0.4) is 0 Å². The predicted molar refractivity (Wildman–Crippen MR) is 72.0 cm³/mol. The molecule has 0 saturated carbocycles. The highest BCUT2D eigenvalue weighted by molar-refractivity contribution is 9.10. The Hall–Kier alpha value is -0.940. The van der Waals surface area contributed by atoms with Crippen LogP contribution in [0.2, 0.25) is 0 Å². The van der Waals surface area contributed by atoms with E-state index in [2.05, 4.69) is 15.9 Å². The van der Waals surface area contributed by atoms with Crippen molar-refractivity contribution in [3.63, 3.8) is 0 Å². The fourth-order valence-electron chi connectivity index (χ4n) is 1.62. The molecule has 5 heteroatoms. The number of carbonyl (C=O) groups excluding carboxylic acids is 1. The highest BCUT2D eigenvalue weighted by Gasteiger charge is 2.19. The van der Waals surface area contributed by atoms with Gasteiger partial charge in [-0.3, -0.25) is 4.79 Å². The van der Waals surface area contributed by atoms with Crippen molar-refractivity contribution < 1.29 is 14.3 Å². The Kier molecular flexibility index (Phi) is 6.29. The molecule has 3 nitrogen and oxygen atoms in total. The maximum absolute atomic E-state index is 13.8. The van der Waals surface area contributed by atoms with Crippen LogP contribution in [-0.2, 0) is 0 Å². The first-order valence-corrected chi connectivity index (χ1v) is 6.75. The largest absolute Gasteiger partial charge is 0.395 e. The van der Waals surface area contributed by atoms with Crippen molar-refractivity contribution in [1.29, 1.82) is 0 Å². The Balaban J connectivity index is 2.90. The monoisotopic (exact) mass is 317 g/mol. The summed E-state index contributed by atoms with van der Waals surface area (Å²) in [5.74, 6) is -0.932. The molecule has 0 heterocycles. The van der Waals surface area contributed by atoms with Gasteiger partial charge >= 0.3 is 0 Å². The van der Waals surface area contributed by atoms with Crippen LogP contribution in [0, 0.1) is 5.82 Å². The van der Waals surface area contributed by atoms with E-state index in [1.165, 1.54) is 11.0 Å².